The van der Waals surface area contributed by atoms with Crippen LogP contribution in [0.15, 0.2) is 24.3 Å². The fourth-order valence-corrected chi connectivity index (χ4v) is 1.81. The molecule has 0 radical (unpaired) electrons. The van der Waals surface area contributed by atoms with Crippen molar-refractivity contribution in [2.75, 3.05) is 0 Å². The molecule has 0 aliphatic heterocycles. The molecule has 0 fully saturated rings. The van der Waals surface area contributed by atoms with E-state index in [9.17, 15) is 9.90 Å². The molecule has 0 saturated heterocycles. The second kappa shape index (κ2) is 4.67. The van der Waals surface area contributed by atoms with Crippen molar-refractivity contribution in [1.29, 1.82) is 0 Å². The van der Waals surface area contributed by atoms with Crippen LogP contribution in [0.25, 0.3) is 0 Å². The highest BCUT2D eigenvalue weighted by atomic mass is 35.5. The lowest BCUT2D eigenvalue weighted by molar-refractivity contribution is -0.147. The van der Waals surface area contributed by atoms with Gasteiger partial charge in [0.15, 0.2) is 0 Å². The van der Waals surface area contributed by atoms with Gasteiger partial charge in [-0.3, -0.25) is 4.79 Å². The number of carboxylic acids is 1. The number of carbonyl (C=O) groups is 1. The van der Waals surface area contributed by atoms with Crippen molar-refractivity contribution in [3.8, 4) is 0 Å². The van der Waals surface area contributed by atoms with Gasteiger partial charge in [-0.15, -0.1) is 0 Å². The normalized spacial score (nSPS) is 15.4. The summed E-state index contributed by atoms with van der Waals surface area (Å²) in [7, 11) is 0. The van der Waals surface area contributed by atoms with E-state index in [-0.39, 0.29) is 6.42 Å². The van der Waals surface area contributed by atoms with Crippen LogP contribution in [0.5, 0.6) is 0 Å². The topological polar surface area (TPSA) is 63.3 Å². The van der Waals surface area contributed by atoms with E-state index in [1.165, 1.54) is 0 Å². The van der Waals surface area contributed by atoms with Crippen LogP contribution < -0.4 is 5.73 Å². The molecule has 0 aromatic heterocycles. The summed E-state index contributed by atoms with van der Waals surface area (Å²) >= 11 is 6.04. The van der Waals surface area contributed by atoms with Gasteiger partial charge in [-0.1, -0.05) is 50.6 Å². The van der Waals surface area contributed by atoms with Crippen molar-refractivity contribution < 1.29 is 9.90 Å². The number of hydrogen-bond donors (Lipinski definition) is 2. The molecular formula is C13H18ClNO2. The van der Waals surface area contributed by atoms with Gasteiger partial charge in [0, 0.05) is 11.4 Å². The third kappa shape index (κ3) is 2.79. The highest BCUT2D eigenvalue weighted by molar-refractivity contribution is 6.31. The minimum absolute atomic E-state index is 0.214. The van der Waals surface area contributed by atoms with Crippen LogP contribution in [0.1, 0.15) is 26.3 Å². The van der Waals surface area contributed by atoms with Crippen LogP contribution >= 0.6 is 11.6 Å². The zero-order valence-electron chi connectivity index (χ0n) is 10.3. The zero-order valence-corrected chi connectivity index (χ0v) is 11.1. The van der Waals surface area contributed by atoms with Crippen LogP contribution in [-0.4, -0.2) is 16.6 Å². The molecule has 0 aliphatic rings. The van der Waals surface area contributed by atoms with Gasteiger partial charge in [0.2, 0.25) is 0 Å². The molecule has 0 heterocycles. The Balaban J connectivity index is 3.13. The molecule has 0 saturated carbocycles. The van der Waals surface area contributed by atoms with Crippen molar-refractivity contribution in [1.82, 2.24) is 0 Å². The molecule has 0 amide bonds. The molecule has 17 heavy (non-hydrogen) atoms. The van der Waals surface area contributed by atoms with Crippen molar-refractivity contribution in [3.05, 3.63) is 34.9 Å². The van der Waals surface area contributed by atoms with Crippen molar-refractivity contribution in [2.24, 2.45) is 11.1 Å². The standard InChI is InChI=1S/C13H18ClNO2/c1-12(2,3)13(15,11(16)17)8-9-6-4-5-7-10(9)14/h4-7H,8,15H2,1-3H3,(H,16,17). The molecule has 0 spiro atoms. The largest absolute Gasteiger partial charge is 0.480 e. The average Bonchev–Trinajstić information content (AvgIpc) is 2.19. The SMILES string of the molecule is CC(C)(C)C(N)(Cc1ccccc1Cl)C(=O)O. The summed E-state index contributed by atoms with van der Waals surface area (Å²) in [5.74, 6) is -1.01. The quantitative estimate of drug-likeness (QED) is 0.873. The van der Waals surface area contributed by atoms with Gasteiger partial charge in [-0.2, -0.15) is 0 Å². The lowest BCUT2D eigenvalue weighted by Gasteiger charge is -2.38. The number of benzene rings is 1. The molecular weight excluding hydrogens is 238 g/mol. The van der Waals surface area contributed by atoms with Crippen molar-refractivity contribution >= 4 is 17.6 Å². The summed E-state index contributed by atoms with van der Waals surface area (Å²) < 4.78 is 0. The van der Waals surface area contributed by atoms with Crippen LogP contribution in [-0.2, 0) is 11.2 Å². The van der Waals surface area contributed by atoms with Gasteiger partial charge in [-0.05, 0) is 17.0 Å². The van der Waals surface area contributed by atoms with Crippen molar-refractivity contribution in [3.63, 3.8) is 0 Å². The van der Waals surface area contributed by atoms with Gasteiger partial charge in [-0.25, -0.2) is 0 Å². The summed E-state index contributed by atoms with van der Waals surface area (Å²) in [6.45, 7) is 5.45. The summed E-state index contributed by atoms with van der Waals surface area (Å²) in [6, 6.07) is 7.18. The number of hydrogen-bond acceptors (Lipinski definition) is 2. The van der Waals surface area contributed by atoms with Gasteiger partial charge in [0.05, 0.1) is 0 Å². The number of nitrogens with two attached hydrogens (primary N) is 1. The van der Waals surface area contributed by atoms with Crippen LogP contribution in [0.2, 0.25) is 5.02 Å². The van der Waals surface area contributed by atoms with Gasteiger partial charge < -0.3 is 10.8 Å². The number of carboxylic acid groups (broad SMARTS) is 1. The monoisotopic (exact) mass is 255 g/mol. The summed E-state index contributed by atoms with van der Waals surface area (Å²) in [4.78, 5) is 11.4. The van der Waals surface area contributed by atoms with E-state index in [1.807, 2.05) is 32.9 Å². The van der Waals surface area contributed by atoms with Crippen LogP contribution in [0, 0.1) is 5.41 Å². The van der Waals surface area contributed by atoms with Gasteiger partial charge in [0.1, 0.15) is 5.54 Å². The third-order valence-corrected chi connectivity index (χ3v) is 3.52. The molecule has 1 atom stereocenters. The van der Waals surface area contributed by atoms with Crippen molar-refractivity contribution in [2.45, 2.75) is 32.7 Å². The lowest BCUT2D eigenvalue weighted by Crippen LogP contribution is -2.59. The summed E-state index contributed by atoms with van der Waals surface area (Å²) in [6.07, 6.45) is 0.214. The second-order valence-electron chi connectivity index (χ2n) is 5.29. The van der Waals surface area contributed by atoms with E-state index in [0.717, 1.165) is 5.56 Å². The lowest BCUT2D eigenvalue weighted by atomic mass is 9.71. The zero-order chi connectivity index (χ0) is 13.3. The Hall–Kier alpha value is -1.06. The predicted molar refractivity (Wildman–Crippen MR) is 69.2 cm³/mol. The molecule has 4 heteroatoms. The third-order valence-electron chi connectivity index (χ3n) is 3.15. The Kier molecular flexibility index (Phi) is 3.84. The number of aliphatic carboxylic acids is 1. The predicted octanol–water partition coefficient (Wildman–Crippen LogP) is 2.71. The maximum Gasteiger partial charge on any atom is 0.324 e. The summed E-state index contributed by atoms with van der Waals surface area (Å²) in [5.41, 5.74) is 4.93. The molecule has 94 valence electrons. The van der Waals surface area contributed by atoms with Crippen LogP contribution in [0.3, 0.4) is 0 Å². The number of rotatable bonds is 3. The Morgan fingerprint density at radius 3 is 2.29 bits per heavy atom. The molecule has 1 unspecified atom stereocenters. The maximum absolute atomic E-state index is 11.4. The molecule has 0 bridgehead atoms. The molecule has 1 aromatic carbocycles. The fraction of sp³-hybridized carbons (Fsp3) is 0.462. The summed E-state index contributed by atoms with van der Waals surface area (Å²) in [5, 5.41) is 9.90. The molecule has 0 aliphatic carbocycles. The van der Waals surface area contributed by atoms with E-state index < -0.39 is 16.9 Å². The highest BCUT2D eigenvalue weighted by Crippen LogP contribution is 2.33. The van der Waals surface area contributed by atoms with E-state index in [4.69, 9.17) is 17.3 Å². The average molecular weight is 256 g/mol. The first kappa shape index (κ1) is 14.0. The highest BCUT2D eigenvalue weighted by Gasteiger charge is 2.45. The van der Waals surface area contributed by atoms with Gasteiger partial charge in [0.25, 0.3) is 0 Å². The second-order valence-corrected chi connectivity index (χ2v) is 5.70. The van der Waals surface area contributed by atoms with E-state index in [2.05, 4.69) is 0 Å². The van der Waals surface area contributed by atoms with E-state index in [0.29, 0.717) is 5.02 Å². The fourth-order valence-electron chi connectivity index (χ4n) is 1.60. The van der Waals surface area contributed by atoms with Gasteiger partial charge >= 0.3 is 5.97 Å². The Morgan fingerprint density at radius 2 is 1.88 bits per heavy atom. The minimum atomic E-state index is -1.34. The smallest absolute Gasteiger partial charge is 0.324 e. The molecule has 1 aromatic rings. The first-order chi connectivity index (χ1) is 7.68. The van der Waals surface area contributed by atoms with E-state index in [1.54, 1.807) is 12.1 Å². The Morgan fingerprint density at radius 1 is 1.35 bits per heavy atom. The Labute approximate surface area is 107 Å². The first-order valence-electron chi connectivity index (χ1n) is 5.44. The molecule has 1 rings (SSSR count). The molecule has 3 N–H and O–H groups in total. The van der Waals surface area contributed by atoms with E-state index >= 15 is 0 Å². The first-order valence-corrected chi connectivity index (χ1v) is 5.82. The molecule has 3 nitrogen and oxygen atoms in total. The minimum Gasteiger partial charge on any atom is -0.480 e. The number of halogens is 1. The maximum atomic E-state index is 11.4. The van der Waals surface area contributed by atoms with Crippen LogP contribution in [0.4, 0.5) is 0 Å². The Bertz CT molecular complexity index is 426.